The molecule has 4 aromatic rings. The van der Waals surface area contributed by atoms with Crippen molar-refractivity contribution in [1.29, 1.82) is 0 Å². The van der Waals surface area contributed by atoms with E-state index in [2.05, 4.69) is 39.0 Å². The van der Waals surface area contributed by atoms with Crippen LogP contribution >= 0.6 is 23.4 Å². The molecule has 0 aliphatic heterocycles. The van der Waals surface area contributed by atoms with Crippen LogP contribution in [0.25, 0.3) is 11.1 Å². The van der Waals surface area contributed by atoms with Crippen LogP contribution in [-0.4, -0.2) is 28.5 Å². The van der Waals surface area contributed by atoms with Gasteiger partial charge in [-0.2, -0.15) is 0 Å². The number of ether oxygens (including phenoxy) is 2. The molecule has 0 aliphatic carbocycles. The molecule has 0 amide bonds. The number of halogens is 1. The zero-order valence-corrected chi connectivity index (χ0v) is 19.4. The van der Waals surface area contributed by atoms with Crippen molar-refractivity contribution in [3.05, 3.63) is 95.3 Å². The van der Waals surface area contributed by atoms with E-state index in [0.717, 1.165) is 44.2 Å². The van der Waals surface area contributed by atoms with Gasteiger partial charge in [-0.1, -0.05) is 84.0 Å². The third-order valence-corrected chi connectivity index (χ3v) is 6.17. The van der Waals surface area contributed by atoms with E-state index in [9.17, 15) is 0 Å². The number of aromatic nitrogens is 3. The summed E-state index contributed by atoms with van der Waals surface area (Å²) in [6.45, 7) is 1.54. The number of para-hydroxylation sites is 1. The molecule has 4 rings (SSSR count). The van der Waals surface area contributed by atoms with E-state index in [1.807, 2.05) is 54.6 Å². The molecule has 0 unspecified atom stereocenters. The molecule has 0 saturated heterocycles. The summed E-state index contributed by atoms with van der Waals surface area (Å²) < 4.78 is 13.6. The molecule has 0 radical (unpaired) electrons. The molecule has 0 fully saturated rings. The summed E-state index contributed by atoms with van der Waals surface area (Å²) in [6.07, 6.45) is 0. The normalized spacial score (nSPS) is 10.9. The number of nitrogens with zero attached hydrogens (tertiary/aromatic N) is 3. The van der Waals surface area contributed by atoms with Crippen molar-refractivity contribution in [2.75, 3.05) is 13.7 Å². The van der Waals surface area contributed by atoms with E-state index in [-0.39, 0.29) is 0 Å². The Kier molecular flexibility index (Phi) is 7.82. The molecule has 0 atom stereocenters. The molecule has 3 aromatic carbocycles. The Labute approximate surface area is 197 Å². The van der Waals surface area contributed by atoms with Crippen LogP contribution in [0.5, 0.6) is 5.75 Å². The quantitative estimate of drug-likeness (QED) is 0.264. The SMILES string of the molecule is COCCn1c(COc2ccccc2-c2ccccc2)nnc1SCc1cccc(Cl)c1. The molecule has 7 heteroatoms. The fraction of sp³-hybridized carbons (Fsp3) is 0.200. The highest BCUT2D eigenvalue weighted by Crippen LogP contribution is 2.30. The maximum absolute atomic E-state index is 6.20. The van der Waals surface area contributed by atoms with Gasteiger partial charge in [-0.25, -0.2) is 0 Å². The molecule has 0 N–H and O–H groups in total. The van der Waals surface area contributed by atoms with Crippen LogP contribution in [0.2, 0.25) is 5.02 Å². The number of hydrogen-bond acceptors (Lipinski definition) is 5. The standard InChI is InChI=1S/C25H24ClN3O2S/c1-30-15-14-29-24(27-28-25(29)32-18-19-8-7-11-21(26)16-19)17-31-23-13-6-5-12-22(23)20-9-3-2-4-10-20/h2-13,16H,14-15,17-18H2,1H3. The zero-order chi connectivity index (χ0) is 22.2. The highest BCUT2D eigenvalue weighted by Gasteiger charge is 2.15. The van der Waals surface area contributed by atoms with Crippen molar-refractivity contribution >= 4 is 23.4 Å². The predicted octanol–water partition coefficient (Wildman–Crippen LogP) is 6.12. The summed E-state index contributed by atoms with van der Waals surface area (Å²) in [5.74, 6) is 2.33. The zero-order valence-electron chi connectivity index (χ0n) is 17.8. The average Bonchev–Trinajstić information content (AvgIpc) is 3.22. The number of benzene rings is 3. The van der Waals surface area contributed by atoms with Crippen LogP contribution in [0.1, 0.15) is 11.4 Å². The lowest BCUT2D eigenvalue weighted by molar-refractivity contribution is 0.181. The van der Waals surface area contributed by atoms with Crippen LogP contribution in [0.4, 0.5) is 0 Å². The fourth-order valence-corrected chi connectivity index (χ4v) is 4.44. The van der Waals surface area contributed by atoms with Gasteiger partial charge in [0.1, 0.15) is 12.4 Å². The second kappa shape index (κ2) is 11.2. The number of methoxy groups -OCH3 is 1. The van der Waals surface area contributed by atoms with E-state index < -0.39 is 0 Å². The largest absolute Gasteiger partial charge is 0.485 e. The Morgan fingerprint density at radius 2 is 1.75 bits per heavy atom. The second-order valence-corrected chi connectivity index (χ2v) is 8.49. The first-order valence-electron chi connectivity index (χ1n) is 10.3. The molecule has 0 spiro atoms. The first kappa shape index (κ1) is 22.4. The summed E-state index contributed by atoms with van der Waals surface area (Å²) in [6, 6.07) is 26.1. The smallest absolute Gasteiger partial charge is 0.191 e. The van der Waals surface area contributed by atoms with E-state index in [1.54, 1.807) is 18.9 Å². The van der Waals surface area contributed by atoms with Crippen molar-refractivity contribution in [2.45, 2.75) is 24.1 Å². The van der Waals surface area contributed by atoms with Crippen LogP contribution in [-0.2, 0) is 23.6 Å². The number of hydrogen-bond donors (Lipinski definition) is 0. The van der Waals surface area contributed by atoms with Crippen molar-refractivity contribution in [3.8, 4) is 16.9 Å². The second-order valence-electron chi connectivity index (χ2n) is 7.11. The highest BCUT2D eigenvalue weighted by atomic mass is 35.5. The molecule has 0 saturated carbocycles. The van der Waals surface area contributed by atoms with Gasteiger partial charge in [0.15, 0.2) is 11.0 Å². The molecule has 0 aliphatic rings. The minimum Gasteiger partial charge on any atom is -0.485 e. The molecule has 1 aromatic heterocycles. The van der Waals surface area contributed by atoms with Gasteiger partial charge < -0.3 is 14.0 Å². The lowest BCUT2D eigenvalue weighted by atomic mass is 10.1. The summed E-state index contributed by atoms with van der Waals surface area (Å²) in [5, 5.41) is 10.4. The summed E-state index contributed by atoms with van der Waals surface area (Å²) in [7, 11) is 1.69. The van der Waals surface area contributed by atoms with Crippen molar-refractivity contribution in [3.63, 3.8) is 0 Å². The predicted molar refractivity (Wildman–Crippen MR) is 129 cm³/mol. The van der Waals surface area contributed by atoms with Gasteiger partial charge in [0, 0.05) is 30.0 Å². The average molecular weight is 466 g/mol. The van der Waals surface area contributed by atoms with E-state index in [1.165, 1.54) is 0 Å². The Morgan fingerprint density at radius 1 is 0.938 bits per heavy atom. The van der Waals surface area contributed by atoms with Crippen molar-refractivity contribution in [2.24, 2.45) is 0 Å². The third kappa shape index (κ3) is 5.71. The van der Waals surface area contributed by atoms with Crippen LogP contribution in [0.3, 0.4) is 0 Å². The Hall–Kier alpha value is -2.80. The van der Waals surface area contributed by atoms with Gasteiger partial charge in [-0.15, -0.1) is 10.2 Å². The lowest BCUT2D eigenvalue weighted by Gasteiger charge is -2.13. The van der Waals surface area contributed by atoms with Crippen molar-refractivity contribution in [1.82, 2.24) is 14.8 Å². The maximum atomic E-state index is 6.20. The number of rotatable bonds is 10. The van der Waals surface area contributed by atoms with Gasteiger partial charge in [0.05, 0.1) is 6.61 Å². The summed E-state index contributed by atoms with van der Waals surface area (Å²) in [5.41, 5.74) is 3.30. The van der Waals surface area contributed by atoms with Gasteiger partial charge in [0.25, 0.3) is 0 Å². The third-order valence-electron chi connectivity index (χ3n) is 4.90. The van der Waals surface area contributed by atoms with Gasteiger partial charge >= 0.3 is 0 Å². The fourth-order valence-electron chi connectivity index (χ4n) is 3.31. The summed E-state index contributed by atoms with van der Waals surface area (Å²) in [4.78, 5) is 0. The van der Waals surface area contributed by atoms with Crippen LogP contribution < -0.4 is 4.74 Å². The van der Waals surface area contributed by atoms with E-state index >= 15 is 0 Å². The van der Waals surface area contributed by atoms with Gasteiger partial charge in [-0.05, 0) is 29.3 Å². The van der Waals surface area contributed by atoms with E-state index in [4.69, 9.17) is 21.1 Å². The van der Waals surface area contributed by atoms with Gasteiger partial charge in [0.2, 0.25) is 0 Å². The number of thioether (sulfide) groups is 1. The molecule has 32 heavy (non-hydrogen) atoms. The Balaban J connectivity index is 1.50. The monoisotopic (exact) mass is 465 g/mol. The van der Waals surface area contributed by atoms with Crippen LogP contribution in [0, 0.1) is 0 Å². The first-order chi connectivity index (χ1) is 15.7. The highest BCUT2D eigenvalue weighted by molar-refractivity contribution is 7.98. The van der Waals surface area contributed by atoms with Crippen molar-refractivity contribution < 1.29 is 9.47 Å². The molecule has 1 heterocycles. The summed E-state index contributed by atoms with van der Waals surface area (Å²) >= 11 is 7.73. The molecular formula is C25H24ClN3O2S. The molecule has 5 nitrogen and oxygen atoms in total. The Bertz CT molecular complexity index is 1150. The minimum atomic E-state index is 0.318. The molecule has 164 valence electrons. The maximum Gasteiger partial charge on any atom is 0.191 e. The molecular weight excluding hydrogens is 442 g/mol. The minimum absolute atomic E-state index is 0.318. The van der Waals surface area contributed by atoms with E-state index in [0.29, 0.717) is 19.8 Å². The van der Waals surface area contributed by atoms with Gasteiger partial charge in [-0.3, -0.25) is 0 Å². The Morgan fingerprint density at radius 3 is 2.56 bits per heavy atom. The first-order valence-corrected chi connectivity index (χ1v) is 11.7. The molecule has 0 bridgehead atoms. The van der Waals surface area contributed by atoms with Crippen LogP contribution in [0.15, 0.2) is 84.0 Å². The topological polar surface area (TPSA) is 49.2 Å². The lowest BCUT2D eigenvalue weighted by Crippen LogP contribution is -2.12.